The maximum Gasteiger partial charge on any atom is 0.119 e. The molecule has 1 atom stereocenters. The Kier molecular flexibility index (Phi) is 6.03. The highest BCUT2D eigenvalue weighted by molar-refractivity contribution is 5.32. The molecule has 2 nitrogen and oxygen atoms in total. The lowest BCUT2D eigenvalue weighted by Gasteiger charge is -2.12. The minimum atomic E-state index is -0.0488. The van der Waals surface area contributed by atoms with Gasteiger partial charge >= 0.3 is 0 Å². The summed E-state index contributed by atoms with van der Waals surface area (Å²) in [6.45, 7) is 4.85. The molecule has 0 aliphatic rings. The van der Waals surface area contributed by atoms with Crippen molar-refractivity contribution >= 4 is 0 Å². The molecule has 0 radical (unpaired) electrons. The Bertz CT molecular complexity index is 625. The van der Waals surface area contributed by atoms with Crippen LogP contribution in [0.15, 0.2) is 48.5 Å². The van der Waals surface area contributed by atoms with Gasteiger partial charge in [-0.2, -0.15) is 5.26 Å². The van der Waals surface area contributed by atoms with Crippen molar-refractivity contribution in [3.63, 3.8) is 0 Å². The van der Waals surface area contributed by atoms with E-state index >= 15 is 0 Å². The second-order valence-electron chi connectivity index (χ2n) is 5.53. The van der Waals surface area contributed by atoms with Crippen LogP contribution in [0.4, 0.5) is 0 Å². The zero-order chi connectivity index (χ0) is 15.8. The first-order valence-electron chi connectivity index (χ1n) is 7.91. The van der Waals surface area contributed by atoms with Crippen molar-refractivity contribution < 1.29 is 4.74 Å². The fourth-order valence-corrected chi connectivity index (χ4v) is 2.57. The highest BCUT2D eigenvalue weighted by Gasteiger charge is 2.12. The lowest BCUT2D eigenvalue weighted by Crippen LogP contribution is -2.03. The van der Waals surface area contributed by atoms with Gasteiger partial charge in [0.15, 0.2) is 0 Å². The van der Waals surface area contributed by atoms with E-state index in [9.17, 15) is 5.26 Å². The molecule has 0 fully saturated rings. The molecule has 2 aromatic rings. The van der Waals surface area contributed by atoms with Crippen LogP contribution in [-0.4, -0.2) is 6.61 Å². The van der Waals surface area contributed by atoms with E-state index in [1.54, 1.807) is 0 Å². The molecule has 0 saturated heterocycles. The van der Waals surface area contributed by atoms with Crippen LogP contribution in [0.2, 0.25) is 0 Å². The first kappa shape index (κ1) is 16.1. The summed E-state index contributed by atoms with van der Waals surface area (Å²) in [5.74, 6) is 0.855. The molecular weight excluding hydrogens is 270 g/mol. The monoisotopic (exact) mass is 293 g/mol. The van der Waals surface area contributed by atoms with Crippen molar-refractivity contribution in [2.75, 3.05) is 6.61 Å². The number of hydrogen-bond donors (Lipinski definition) is 0. The van der Waals surface area contributed by atoms with E-state index in [0.717, 1.165) is 30.6 Å². The van der Waals surface area contributed by atoms with Crippen LogP contribution in [0.1, 0.15) is 42.4 Å². The number of nitriles is 1. The van der Waals surface area contributed by atoms with E-state index in [1.807, 2.05) is 30.3 Å². The van der Waals surface area contributed by atoms with E-state index in [2.05, 4.69) is 38.1 Å². The molecule has 1 unspecified atom stereocenters. The highest BCUT2D eigenvalue weighted by atomic mass is 16.5. The van der Waals surface area contributed by atoms with E-state index in [-0.39, 0.29) is 5.92 Å². The van der Waals surface area contributed by atoms with Crippen molar-refractivity contribution in [2.24, 2.45) is 0 Å². The molecule has 0 heterocycles. The van der Waals surface area contributed by atoms with Crippen molar-refractivity contribution in [3.8, 4) is 11.8 Å². The molecule has 0 spiro atoms. The number of ether oxygens (including phenoxy) is 1. The summed E-state index contributed by atoms with van der Waals surface area (Å²) in [5.41, 5.74) is 3.64. The van der Waals surface area contributed by atoms with Gasteiger partial charge in [0.2, 0.25) is 0 Å². The molecule has 2 rings (SSSR count). The van der Waals surface area contributed by atoms with Gasteiger partial charge in [0.25, 0.3) is 0 Å². The van der Waals surface area contributed by atoms with Crippen LogP contribution in [0, 0.1) is 18.3 Å². The maximum atomic E-state index is 9.39. The van der Waals surface area contributed by atoms with Crippen LogP contribution in [-0.2, 0) is 6.42 Å². The Morgan fingerprint density at radius 2 is 1.82 bits per heavy atom. The molecule has 0 aliphatic carbocycles. The molecule has 0 saturated carbocycles. The third kappa shape index (κ3) is 4.36. The van der Waals surface area contributed by atoms with Gasteiger partial charge in [-0.15, -0.1) is 0 Å². The average molecular weight is 293 g/mol. The van der Waals surface area contributed by atoms with Gasteiger partial charge in [-0.25, -0.2) is 0 Å². The van der Waals surface area contributed by atoms with Crippen molar-refractivity contribution in [3.05, 3.63) is 65.2 Å². The van der Waals surface area contributed by atoms with Gasteiger partial charge in [0.1, 0.15) is 5.75 Å². The number of nitrogens with zero attached hydrogens (tertiary/aromatic N) is 1. The molecule has 0 N–H and O–H groups in total. The summed E-state index contributed by atoms with van der Waals surface area (Å²) < 4.78 is 5.76. The number of benzene rings is 2. The van der Waals surface area contributed by atoms with Crippen molar-refractivity contribution in [2.45, 2.75) is 39.0 Å². The smallest absolute Gasteiger partial charge is 0.119 e. The predicted molar refractivity (Wildman–Crippen MR) is 90.1 cm³/mol. The average Bonchev–Trinajstić information content (AvgIpc) is 2.56. The molecule has 0 amide bonds. The fourth-order valence-electron chi connectivity index (χ4n) is 2.57. The SMILES string of the molecule is CCc1ccc(OCCCC(C#N)c2ccccc2C)cc1. The number of hydrogen-bond acceptors (Lipinski definition) is 2. The minimum absolute atomic E-state index is 0.0488. The Morgan fingerprint density at radius 3 is 2.45 bits per heavy atom. The third-order valence-electron chi connectivity index (χ3n) is 3.96. The summed E-state index contributed by atoms with van der Waals surface area (Å²) in [4.78, 5) is 0. The zero-order valence-corrected chi connectivity index (χ0v) is 13.4. The van der Waals surface area contributed by atoms with Gasteiger partial charge in [-0.05, 0) is 55.0 Å². The van der Waals surface area contributed by atoms with Crippen LogP contribution < -0.4 is 4.74 Å². The summed E-state index contributed by atoms with van der Waals surface area (Å²) in [6.07, 6.45) is 2.75. The van der Waals surface area contributed by atoms with Crippen molar-refractivity contribution in [1.29, 1.82) is 5.26 Å². The van der Waals surface area contributed by atoms with E-state index < -0.39 is 0 Å². The fraction of sp³-hybridized carbons (Fsp3) is 0.350. The van der Waals surface area contributed by atoms with Gasteiger partial charge in [0.05, 0.1) is 18.6 Å². The normalized spacial score (nSPS) is 11.7. The van der Waals surface area contributed by atoms with Gasteiger partial charge < -0.3 is 4.74 Å². The van der Waals surface area contributed by atoms with E-state index in [1.165, 1.54) is 11.1 Å². The summed E-state index contributed by atoms with van der Waals surface area (Å²) >= 11 is 0. The molecule has 0 aliphatic heterocycles. The quantitative estimate of drug-likeness (QED) is 0.671. The first-order chi connectivity index (χ1) is 10.7. The topological polar surface area (TPSA) is 33.0 Å². The Balaban J connectivity index is 1.82. The standard InChI is InChI=1S/C20H23NO/c1-3-17-10-12-19(13-11-17)22-14-6-8-18(15-21)20-9-5-4-7-16(20)2/h4-5,7,9-13,18H,3,6,8,14H2,1-2H3. The largest absolute Gasteiger partial charge is 0.494 e. The molecule has 0 aromatic heterocycles. The molecular formula is C20H23NO. The number of rotatable bonds is 7. The second kappa shape index (κ2) is 8.24. The Hall–Kier alpha value is -2.27. The summed E-state index contributed by atoms with van der Waals surface area (Å²) in [7, 11) is 0. The lowest BCUT2D eigenvalue weighted by molar-refractivity contribution is 0.305. The predicted octanol–water partition coefficient (Wildman–Crippen LogP) is 5.02. The summed E-state index contributed by atoms with van der Waals surface area (Å²) in [6, 6.07) is 18.8. The zero-order valence-electron chi connectivity index (χ0n) is 13.4. The molecule has 2 aromatic carbocycles. The third-order valence-corrected chi connectivity index (χ3v) is 3.96. The van der Waals surface area contributed by atoms with Crippen LogP contribution in [0.3, 0.4) is 0 Å². The summed E-state index contributed by atoms with van der Waals surface area (Å²) in [5, 5.41) is 9.39. The van der Waals surface area contributed by atoms with Gasteiger partial charge in [0, 0.05) is 0 Å². The number of aryl methyl sites for hydroxylation is 2. The molecule has 0 bridgehead atoms. The molecule has 22 heavy (non-hydrogen) atoms. The van der Waals surface area contributed by atoms with Crippen molar-refractivity contribution in [1.82, 2.24) is 0 Å². The molecule has 114 valence electrons. The lowest BCUT2D eigenvalue weighted by atomic mass is 9.92. The van der Waals surface area contributed by atoms with Gasteiger partial charge in [-0.1, -0.05) is 43.3 Å². The second-order valence-corrected chi connectivity index (χ2v) is 5.53. The maximum absolute atomic E-state index is 9.39. The van der Waals surface area contributed by atoms with Crippen LogP contribution in [0.25, 0.3) is 0 Å². The van der Waals surface area contributed by atoms with Gasteiger partial charge in [-0.3, -0.25) is 0 Å². The van der Waals surface area contributed by atoms with Crippen LogP contribution >= 0.6 is 0 Å². The molecule has 2 heteroatoms. The Morgan fingerprint density at radius 1 is 1.09 bits per heavy atom. The van der Waals surface area contributed by atoms with Crippen LogP contribution in [0.5, 0.6) is 5.75 Å². The van der Waals surface area contributed by atoms with E-state index in [0.29, 0.717) is 6.61 Å². The highest BCUT2D eigenvalue weighted by Crippen LogP contribution is 2.23. The minimum Gasteiger partial charge on any atom is -0.494 e. The van der Waals surface area contributed by atoms with E-state index in [4.69, 9.17) is 4.74 Å². The Labute approximate surface area is 133 Å². The first-order valence-corrected chi connectivity index (χ1v) is 7.91.